The van der Waals surface area contributed by atoms with Gasteiger partial charge in [-0.1, -0.05) is 12.1 Å². The van der Waals surface area contributed by atoms with E-state index in [0.29, 0.717) is 18.4 Å². The van der Waals surface area contributed by atoms with Crippen LogP contribution in [0.5, 0.6) is 0 Å². The number of ether oxygens (including phenoxy) is 1. The van der Waals surface area contributed by atoms with Crippen molar-refractivity contribution in [3.05, 3.63) is 46.8 Å². The van der Waals surface area contributed by atoms with Gasteiger partial charge in [0.2, 0.25) is 0 Å². The van der Waals surface area contributed by atoms with Gasteiger partial charge in [0.05, 0.1) is 11.6 Å². The molecular formula is C15H17N3O3. The van der Waals surface area contributed by atoms with E-state index in [1.807, 2.05) is 28.8 Å². The summed E-state index contributed by atoms with van der Waals surface area (Å²) in [4.78, 5) is 23.3. The van der Waals surface area contributed by atoms with Crippen molar-refractivity contribution in [3.63, 3.8) is 0 Å². The highest BCUT2D eigenvalue weighted by atomic mass is 16.5. The SMILES string of the molecule is NNC(=O)C1CCC(Cn2ccc(=O)c3ccccc32)O1. The molecule has 0 aliphatic carbocycles. The van der Waals surface area contributed by atoms with Crippen molar-refractivity contribution in [2.45, 2.75) is 31.6 Å². The molecular weight excluding hydrogens is 270 g/mol. The number of hydrogen-bond donors (Lipinski definition) is 2. The molecule has 0 spiro atoms. The van der Waals surface area contributed by atoms with Gasteiger partial charge in [-0.25, -0.2) is 5.84 Å². The van der Waals surface area contributed by atoms with Crippen molar-refractivity contribution in [2.24, 2.45) is 5.84 Å². The van der Waals surface area contributed by atoms with Crippen LogP contribution in [-0.4, -0.2) is 22.7 Å². The molecule has 1 aliphatic rings. The second kappa shape index (κ2) is 5.67. The normalized spacial score (nSPS) is 21.6. The number of hydrazine groups is 1. The van der Waals surface area contributed by atoms with Crippen LogP contribution in [0.15, 0.2) is 41.3 Å². The first kappa shape index (κ1) is 13.8. The Morgan fingerprint density at radius 2 is 2.14 bits per heavy atom. The number of pyridine rings is 1. The number of carbonyl (C=O) groups excluding carboxylic acids is 1. The smallest absolute Gasteiger partial charge is 0.263 e. The van der Waals surface area contributed by atoms with Crippen LogP contribution in [0.1, 0.15) is 12.8 Å². The van der Waals surface area contributed by atoms with Gasteiger partial charge >= 0.3 is 0 Å². The number of para-hydroxylation sites is 1. The molecule has 0 radical (unpaired) electrons. The van der Waals surface area contributed by atoms with E-state index >= 15 is 0 Å². The second-order valence-corrected chi connectivity index (χ2v) is 5.18. The molecule has 0 bridgehead atoms. The summed E-state index contributed by atoms with van der Waals surface area (Å²) >= 11 is 0. The Balaban J connectivity index is 1.82. The fourth-order valence-electron chi connectivity index (χ4n) is 2.76. The monoisotopic (exact) mass is 287 g/mol. The third-order valence-corrected chi connectivity index (χ3v) is 3.83. The van der Waals surface area contributed by atoms with E-state index in [1.165, 1.54) is 0 Å². The lowest BCUT2D eigenvalue weighted by atomic mass is 10.1. The van der Waals surface area contributed by atoms with E-state index < -0.39 is 6.10 Å². The molecule has 2 atom stereocenters. The molecule has 21 heavy (non-hydrogen) atoms. The highest BCUT2D eigenvalue weighted by molar-refractivity contribution is 5.80. The van der Waals surface area contributed by atoms with Gasteiger partial charge in [0.25, 0.3) is 5.91 Å². The molecule has 1 amide bonds. The standard InChI is InChI=1S/C15H17N3O3/c16-17-15(20)14-6-5-10(21-14)9-18-8-7-13(19)11-3-1-2-4-12(11)18/h1-4,7-8,10,14H,5-6,9,16H2,(H,17,20). The fourth-order valence-corrected chi connectivity index (χ4v) is 2.76. The molecule has 2 heterocycles. The molecule has 2 unspecified atom stereocenters. The number of nitrogens with zero attached hydrogens (tertiary/aromatic N) is 1. The summed E-state index contributed by atoms with van der Waals surface area (Å²) in [5, 5.41) is 0.689. The number of carbonyl (C=O) groups is 1. The third kappa shape index (κ3) is 2.68. The molecule has 1 saturated heterocycles. The van der Waals surface area contributed by atoms with Crippen molar-refractivity contribution in [2.75, 3.05) is 0 Å². The molecule has 2 aromatic rings. The minimum absolute atomic E-state index is 0.00887. The summed E-state index contributed by atoms with van der Waals surface area (Å²) in [6.07, 6.45) is 2.68. The fraction of sp³-hybridized carbons (Fsp3) is 0.333. The van der Waals surface area contributed by atoms with Gasteiger partial charge in [-0.2, -0.15) is 0 Å². The van der Waals surface area contributed by atoms with Gasteiger partial charge in [-0.15, -0.1) is 0 Å². The lowest BCUT2D eigenvalue weighted by Crippen LogP contribution is -2.39. The van der Waals surface area contributed by atoms with E-state index in [2.05, 4.69) is 5.43 Å². The number of rotatable bonds is 3. The lowest BCUT2D eigenvalue weighted by Gasteiger charge is -2.16. The minimum atomic E-state index is -0.481. The topological polar surface area (TPSA) is 86.4 Å². The highest BCUT2D eigenvalue weighted by Gasteiger charge is 2.30. The van der Waals surface area contributed by atoms with E-state index in [-0.39, 0.29) is 17.4 Å². The zero-order valence-electron chi connectivity index (χ0n) is 11.5. The zero-order valence-corrected chi connectivity index (χ0v) is 11.5. The Hall–Kier alpha value is -2.18. The molecule has 1 aromatic heterocycles. The maximum absolute atomic E-state index is 11.8. The van der Waals surface area contributed by atoms with Crippen molar-refractivity contribution in [3.8, 4) is 0 Å². The number of nitrogens with two attached hydrogens (primary N) is 1. The van der Waals surface area contributed by atoms with Gasteiger partial charge in [-0.3, -0.25) is 15.0 Å². The van der Waals surface area contributed by atoms with E-state index in [9.17, 15) is 9.59 Å². The molecule has 6 heteroatoms. The molecule has 6 nitrogen and oxygen atoms in total. The quantitative estimate of drug-likeness (QED) is 0.490. The van der Waals surface area contributed by atoms with Crippen LogP contribution in [0.3, 0.4) is 0 Å². The Morgan fingerprint density at radius 3 is 2.95 bits per heavy atom. The molecule has 3 N–H and O–H groups in total. The maximum Gasteiger partial charge on any atom is 0.263 e. The maximum atomic E-state index is 11.8. The van der Waals surface area contributed by atoms with Gasteiger partial charge < -0.3 is 9.30 Å². The van der Waals surface area contributed by atoms with E-state index in [4.69, 9.17) is 10.6 Å². The van der Waals surface area contributed by atoms with Crippen LogP contribution in [0.4, 0.5) is 0 Å². The Kier molecular flexibility index (Phi) is 3.72. The highest BCUT2D eigenvalue weighted by Crippen LogP contribution is 2.22. The molecule has 3 rings (SSSR count). The number of fused-ring (bicyclic) bond motifs is 1. The third-order valence-electron chi connectivity index (χ3n) is 3.83. The summed E-state index contributed by atoms with van der Waals surface area (Å²) < 4.78 is 7.70. The van der Waals surface area contributed by atoms with Crippen LogP contribution < -0.4 is 16.7 Å². The van der Waals surface area contributed by atoms with E-state index in [1.54, 1.807) is 12.3 Å². The Bertz CT molecular complexity index is 725. The van der Waals surface area contributed by atoms with E-state index in [0.717, 1.165) is 11.9 Å². The largest absolute Gasteiger partial charge is 0.363 e. The lowest BCUT2D eigenvalue weighted by molar-refractivity contribution is -0.132. The zero-order chi connectivity index (χ0) is 14.8. The molecule has 0 saturated carbocycles. The van der Waals surface area contributed by atoms with Crippen LogP contribution in [-0.2, 0) is 16.1 Å². The summed E-state index contributed by atoms with van der Waals surface area (Å²) in [7, 11) is 0. The Morgan fingerprint density at radius 1 is 1.33 bits per heavy atom. The number of nitrogens with one attached hydrogen (secondary N) is 1. The first-order chi connectivity index (χ1) is 10.2. The summed E-state index contributed by atoms with van der Waals surface area (Å²) in [5.74, 6) is 4.83. The number of benzene rings is 1. The van der Waals surface area contributed by atoms with Gasteiger partial charge in [0, 0.05) is 24.2 Å². The van der Waals surface area contributed by atoms with Crippen LogP contribution in [0, 0.1) is 0 Å². The van der Waals surface area contributed by atoms with Crippen molar-refractivity contribution in [1.29, 1.82) is 0 Å². The number of amides is 1. The summed E-state index contributed by atoms with van der Waals surface area (Å²) in [6.45, 7) is 0.606. The first-order valence-corrected chi connectivity index (χ1v) is 6.93. The average Bonchev–Trinajstić information content (AvgIpc) is 2.98. The Labute approximate surface area is 121 Å². The summed E-state index contributed by atoms with van der Waals surface area (Å²) in [6, 6.07) is 9.03. The van der Waals surface area contributed by atoms with Gasteiger partial charge in [0.15, 0.2) is 5.43 Å². The van der Waals surface area contributed by atoms with Crippen LogP contribution in [0.2, 0.25) is 0 Å². The number of hydrogen-bond acceptors (Lipinski definition) is 4. The second-order valence-electron chi connectivity index (χ2n) is 5.18. The average molecular weight is 287 g/mol. The van der Waals surface area contributed by atoms with Crippen LogP contribution >= 0.6 is 0 Å². The van der Waals surface area contributed by atoms with Crippen molar-refractivity contribution >= 4 is 16.8 Å². The predicted octanol–water partition coefficient (Wildman–Crippen LogP) is 0.539. The molecule has 110 valence electrons. The van der Waals surface area contributed by atoms with Crippen molar-refractivity contribution < 1.29 is 9.53 Å². The predicted molar refractivity (Wildman–Crippen MR) is 78.4 cm³/mol. The molecule has 1 fully saturated rings. The van der Waals surface area contributed by atoms with Crippen molar-refractivity contribution in [1.82, 2.24) is 9.99 Å². The van der Waals surface area contributed by atoms with Gasteiger partial charge in [0.1, 0.15) is 6.10 Å². The molecule has 1 aliphatic heterocycles. The molecule has 1 aromatic carbocycles. The minimum Gasteiger partial charge on any atom is -0.363 e. The first-order valence-electron chi connectivity index (χ1n) is 6.93. The number of aromatic nitrogens is 1. The van der Waals surface area contributed by atoms with Gasteiger partial charge in [-0.05, 0) is 25.0 Å². The van der Waals surface area contributed by atoms with Crippen LogP contribution in [0.25, 0.3) is 10.9 Å². The summed E-state index contributed by atoms with van der Waals surface area (Å²) in [5.41, 5.74) is 3.00.